The molecule has 11 heteroatoms. The zero-order valence-electron chi connectivity index (χ0n) is 17.5. The number of non-ortho nitro benzene ring substituents is 1. The molecule has 1 fully saturated rings. The lowest BCUT2D eigenvalue weighted by Gasteiger charge is -2.31. The van der Waals surface area contributed by atoms with E-state index in [2.05, 4.69) is 5.32 Å². The molecule has 0 radical (unpaired) electrons. The number of benzene rings is 3. The lowest BCUT2D eigenvalue weighted by molar-refractivity contribution is -0.895. The first-order valence-electron chi connectivity index (χ1n) is 10.3. The smallest absolute Gasteiger partial charge is 0.279 e. The largest absolute Gasteiger partial charge is 0.325 e. The van der Waals surface area contributed by atoms with Crippen molar-refractivity contribution in [3.63, 3.8) is 0 Å². The summed E-state index contributed by atoms with van der Waals surface area (Å²) >= 11 is 6.03. The summed E-state index contributed by atoms with van der Waals surface area (Å²) in [5.41, 5.74) is 0.00217. The molecule has 3 aromatic carbocycles. The first-order chi connectivity index (χ1) is 15.7. The molecule has 0 bridgehead atoms. The van der Waals surface area contributed by atoms with Crippen LogP contribution < -0.4 is 10.2 Å². The summed E-state index contributed by atoms with van der Waals surface area (Å²) in [6.07, 6.45) is 0. The second-order valence-corrected chi connectivity index (χ2v) is 10.2. The zero-order valence-corrected chi connectivity index (χ0v) is 19.1. The Labute approximate surface area is 195 Å². The van der Waals surface area contributed by atoms with Crippen LogP contribution in [0.25, 0.3) is 10.8 Å². The number of rotatable bonds is 6. The molecular formula is C22H22ClN4O5S+. The van der Waals surface area contributed by atoms with E-state index >= 15 is 0 Å². The van der Waals surface area contributed by atoms with Gasteiger partial charge in [-0.25, -0.2) is 8.42 Å². The highest BCUT2D eigenvalue weighted by molar-refractivity contribution is 7.89. The van der Waals surface area contributed by atoms with Crippen LogP contribution in [0.4, 0.5) is 11.4 Å². The van der Waals surface area contributed by atoms with E-state index in [0.717, 1.165) is 15.7 Å². The van der Waals surface area contributed by atoms with Crippen LogP contribution in [0.2, 0.25) is 5.02 Å². The Morgan fingerprint density at radius 2 is 1.76 bits per heavy atom. The molecule has 3 aromatic rings. The van der Waals surface area contributed by atoms with Crippen molar-refractivity contribution in [3.8, 4) is 0 Å². The highest BCUT2D eigenvalue weighted by atomic mass is 35.5. The molecule has 33 heavy (non-hydrogen) atoms. The van der Waals surface area contributed by atoms with E-state index < -0.39 is 14.9 Å². The Hall–Kier alpha value is -3.05. The monoisotopic (exact) mass is 489 g/mol. The quantitative estimate of drug-likeness (QED) is 0.405. The number of hydrogen-bond acceptors (Lipinski definition) is 5. The van der Waals surface area contributed by atoms with Gasteiger partial charge < -0.3 is 10.2 Å². The minimum Gasteiger partial charge on any atom is -0.325 e. The molecule has 0 aromatic heterocycles. The van der Waals surface area contributed by atoms with Gasteiger partial charge in [0.05, 0.1) is 46.7 Å². The average molecular weight is 490 g/mol. The van der Waals surface area contributed by atoms with Crippen LogP contribution in [0.5, 0.6) is 0 Å². The van der Waals surface area contributed by atoms with Crippen LogP contribution >= 0.6 is 11.6 Å². The molecule has 2 N–H and O–H groups in total. The summed E-state index contributed by atoms with van der Waals surface area (Å²) in [4.78, 5) is 24.0. The number of fused-ring (bicyclic) bond motifs is 1. The number of carbonyl (C=O) groups is 1. The van der Waals surface area contributed by atoms with Crippen LogP contribution in [0.15, 0.2) is 65.6 Å². The van der Waals surface area contributed by atoms with Crippen molar-refractivity contribution in [1.82, 2.24) is 4.31 Å². The summed E-state index contributed by atoms with van der Waals surface area (Å²) in [7, 11) is -3.63. The van der Waals surface area contributed by atoms with Gasteiger partial charge in [-0.05, 0) is 29.0 Å². The van der Waals surface area contributed by atoms with Gasteiger partial charge in [0.2, 0.25) is 10.0 Å². The average Bonchev–Trinajstić information content (AvgIpc) is 2.80. The van der Waals surface area contributed by atoms with Gasteiger partial charge in [-0.3, -0.25) is 14.9 Å². The van der Waals surface area contributed by atoms with Crippen LogP contribution in [0.3, 0.4) is 0 Å². The van der Waals surface area contributed by atoms with Gasteiger partial charge in [0.25, 0.3) is 11.6 Å². The summed E-state index contributed by atoms with van der Waals surface area (Å²) in [5, 5.41) is 15.6. The Balaban J connectivity index is 1.37. The van der Waals surface area contributed by atoms with E-state index in [4.69, 9.17) is 11.6 Å². The minimum absolute atomic E-state index is 0.100. The highest BCUT2D eigenvalue weighted by Gasteiger charge is 2.31. The van der Waals surface area contributed by atoms with E-state index in [9.17, 15) is 23.3 Å². The first-order valence-corrected chi connectivity index (χ1v) is 12.1. The van der Waals surface area contributed by atoms with Crippen molar-refractivity contribution in [3.05, 3.63) is 75.8 Å². The normalized spacial score (nSPS) is 15.4. The van der Waals surface area contributed by atoms with E-state index in [1.807, 2.05) is 24.3 Å². The van der Waals surface area contributed by atoms with Gasteiger partial charge in [0.15, 0.2) is 6.54 Å². The third-order valence-electron chi connectivity index (χ3n) is 5.63. The first kappa shape index (κ1) is 23.1. The van der Waals surface area contributed by atoms with E-state index in [-0.39, 0.29) is 46.8 Å². The molecule has 1 amide bonds. The number of halogens is 1. The van der Waals surface area contributed by atoms with E-state index in [1.54, 1.807) is 18.2 Å². The molecule has 0 atom stereocenters. The molecule has 1 heterocycles. The number of anilines is 1. The van der Waals surface area contributed by atoms with Gasteiger partial charge in [-0.15, -0.1) is 0 Å². The number of piperazine rings is 1. The lowest BCUT2D eigenvalue weighted by Crippen LogP contribution is -3.15. The van der Waals surface area contributed by atoms with Gasteiger partial charge >= 0.3 is 0 Å². The van der Waals surface area contributed by atoms with Crippen LogP contribution in [-0.4, -0.2) is 56.3 Å². The molecule has 9 nitrogen and oxygen atoms in total. The van der Waals surface area contributed by atoms with Gasteiger partial charge in [-0.1, -0.05) is 41.9 Å². The molecule has 1 aliphatic heterocycles. The topological polar surface area (TPSA) is 114 Å². The van der Waals surface area contributed by atoms with Crippen molar-refractivity contribution in [2.45, 2.75) is 4.90 Å². The number of sulfonamides is 1. The second kappa shape index (κ2) is 9.44. The number of nitrogens with zero attached hydrogens (tertiary/aromatic N) is 2. The fraction of sp³-hybridized carbons (Fsp3) is 0.227. The highest BCUT2D eigenvalue weighted by Crippen LogP contribution is 2.26. The molecular weight excluding hydrogens is 468 g/mol. The summed E-state index contributed by atoms with van der Waals surface area (Å²) in [6.45, 7) is 1.60. The summed E-state index contributed by atoms with van der Waals surface area (Å²) < 4.78 is 27.6. The SMILES string of the molecule is O=C(C[NH+]1CCN(S(=O)(=O)c2ccc3ccccc3c2)CC1)Nc1cc([N+](=O)[O-])ccc1Cl. The second-order valence-electron chi connectivity index (χ2n) is 7.81. The molecule has 0 aliphatic carbocycles. The fourth-order valence-electron chi connectivity index (χ4n) is 3.84. The van der Waals surface area contributed by atoms with Gasteiger partial charge in [0, 0.05) is 12.1 Å². The number of hydrogen-bond donors (Lipinski definition) is 2. The third kappa shape index (κ3) is 5.14. The van der Waals surface area contributed by atoms with Crippen LogP contribution in [0, 0.1) is 10.1 Å². The summed E-state index contributed by atoms with van der Waals surface area (Å²) in [6, 6.07) is 16.5. The summed E-state index contributed by atoms with van der Waals surface area (Å²) in [5.74, 6) is -0.349. The maximum Gasteiger partial charge on any atom is 0.279 e. The number of nitro groups is 1. The zero-order chi connectivity index (χ0) is 23.6. The van der Waals surface area contributed by atoms with Crippen molar-refractivity contribution < 1.29 is 23.0 Å². The number of nitrogens with one attached hydrogen (secondary N) is 2. The number of quaternary nitrogens is 1. The molecule has 0 spiro atoms. The van der Waals surface area contributed by atoms with E-state index in [0.29, 0.717) is 13.1 Å². The van der Waals surface area contributed by atoms with E-state index in [1.165, 1.54) is 22.5 Å². The maximum absolute atomic E-state index is 13.1. The van der Waals surface area contributed by atoms with Crippen LogP contribution in [-0.2, 0) is 14.8 Å². The Kier molecular flexibility index (Phi) is 6.61. The maximum atomic E-state index is 13.1. The lowest BCUT2D eigenvalue weighted by atomic mass is 10.1. The van der Waals surface area contributed by atoms with Crippen molar-refractivity contribution >= 4 is 49.7 Å². The number of amides is 1. The molecule has 172 valence electrons. The van der Waals surface area contributed by atoms with Crippen LogP contribution in [0.1, 0.15) is 0 Å². The molecule has 0 saturated carbocycles. The van der Waals surface area contributed by atoms with Gasteiger partial charge in [-0.2, -0.15) is 4.31 Å². The predicted octanol–water partition coefficient (Wildman–Crippen LogP) is 1.93. The Bertz CT molecular complexity index is 1320. The van der Waals surface area contributed by atoms with Gasteiger partial charge in [0.1, 0.15) is 0 Å². The third-order valence-corrected chi connectivity index (χ3v) is 7.86. The number of nitro benzene ring substituents is 1. The van der Waals surface area contributed by atoms with Crippen molar-refractivity contribution in [2.24, 2.45) is 0 Å². The van der Waals surface area contributed by atoms with Crippen molar-refractivity contribution in [2.75, 3.05) is 38.0 Å². The molecule has 4 rings (SSSR count). The van der Waals surface area contributed by atoms with Crippen molar-refractivity contribution in [1.29, 1.82) is 0 Å². The molecule has 0 unspecified atom stereocenters. The Morgan fingerprint density at radius 3 is 2.45 bits per heavy atom. The molecule has 1 saturated heterocycles. The molecule has 1 aliphatic rings. The standard InChI is InChI=1S/C22H21ClN4O5S/c23-20-8-6-18(27(29)30)14-21(20)24-22(28)15-25-9-11-26(12-10-25)33(31,32)19-7-5-16-3-1-2-4-17(16)13-19/h1-8,13-14H,9-12,15H2,(H,24,28)/p+1. The number of carbonyl (C=O) groups excluding carboxylic acids is 1. The predicted molar refractivity (Wildman–Crippen MR) is 125 cm³/mol. The minimum atomic E-state index is -3.63. The fourth-order valence-corrected chi connectivity index (χ4v) is 5.48. The Morgan fingerprint density at radius 1 is 1.06 bits per heavy atom.